The van der Waals surface area contributed by atoms with Crippen molar-refractivity contribution < 1.29 is 4.79 Å². The van der Waals surface area contributed by atoms with Gasteiger partial charge in [-0.15, -0.1) is 0 Å². The lowest BCUT2D eigenvalue weighted by Gasteiger charge is -2.47. The molecule has 1 aromatic heterocycles. The Labute approximate surface area is 182 Å². The van der Waals surface area contributed by atoms with E-state index < -0.39 is 0 Å². The van der Waals surface area contributed by atoms with E-state index in [4.69, 9.17) is 0 Å². The second-order valence-electron chi connectivity index (χ2n) is 8.50. The highest BCUT2D eigenvalue weighted by Gasteiger charge is 2.42. The van der Waals surface area contributed by atoms with Gasteiger partial charge < -0.3 is 14.8 Å². The molecule has 2 heterocycles. The predicted octanol–water partition coefficient (Wildman–Crippen LogP) is 4.48. The first-order chi connectivity index (χ1) is 14.0. The second-order valence-corrected chi connectivity index (χ2v) is 9.25. The number of benzene rings is 1. The predicted molar refractivity (Wildman–Crippen MR) is 123 cm³/mol. The van der Waals surface area contributed by atoms with Crippen LogP contribution >= 0.6 is 15.9 Å². The van der Waals surface area contributed by atoms with E-state index in [9.17, 15) is 4.79 Å². The van der Waals surface area contributed by atoms with Crippen LogP contribution in [0, 0.1) is 0 Å². The number of urea groups is 1. The summed E-state index contributed by atoms with van der Waals surface area (Å²) < 4.78 is 3.49. The third-order valence-corrected chi connectivity index (χ3v) is 7.92. The fourth-order valence-corrected chi connectivity index (χ4v) is 6.08. The molecule has 0 saturated carbocycles. The number of nitrogens with one attached hydrogen (secondary N) is 1. The van der Waals surface area contributed by atoms with Gasteiger partial charge in [-0.1, -0.05) is 19.1 Å². The van der Waals surface area contributed by atoms with Crippen molar-refractivity contribution >= 4 is 32.9 Å². The van der Waals surface area contributed by atoms with E-state index >= 15 is 0 Å². The number of aromatic nitrogens is 1. The van der Waals surface area contributed by atoms with Gasteiger partial charge in [-0.25, -0.2) is 4.79 Å². The van der Waals surface area contributed by atoms with Crippen LogP contribution in [0.3, 0.4) is 0 Å². The minimum atomic E-state index is 0.0760. The number of carbonyl (C=O) groups is 1. The number of carbonyl (C=O) groups excluding carboxylic acids is 1. The Morgan fingerprint density at radius 2 is 2.03 bits per heavy atom. The van der Waals surface area contributed by atoms with Crippen molar-refractivity contribution in [2.45, 2.75) is 58.0 Å². The highest BCUT2D eigenvalue weighted by atomic mass is 79.9. The first kappa shape index (κ1) is 20.7. The van der Waals surface area contributed by atoms with Crippen LogP contribution in [-0.2, 0) is 13.5 Å². The maximum absolute atomic E-state index is 12.7. The molecular formula is C23H33BrN4O. The zero-order valence-corrected chi connectivity index (χ0v) is 19.6. The average molecular weight is 461 g/mol. The van der Waals surface area contributed by atoms with Gasteiger partial charge in [-0.2, -0.15) is 0 Å². The van der Waals surface area contributed by atoms with Crippen molar-refractivity contribution in [1.29, 1.82) is 0 Å². The molecule has 5 nitrogen and oxygen atoms in total. The highest BCUT2D eigenvalue weighted by Crippen LogP contribution is 2.46. The number of amides is 2. The first-order valence-electron chi connectivity index (χ1n) is 11.0. The van der Waals surface area contributed by atoms with Crippen molar-refractivity contribution in [3.05, 3.63) is 33.9 Å². The molecule has 0 radical (unpaired) electrons. The number of aryl methyl sites for hydroxylation is 1. The van der Waals surface area contributed by atoms with E-state index in [0.717, 1.165) is 45.4 Å². The molecule has 0 spiro atoms. The van der Waals surface area contributed by atoms with Crippen LogP contribution < -0.4 is 5.32 Å². The van der Waals surface area contributed by atoms with Crippen molar-refractivity contribution in [1.82, 2.24) is 19.7 Å². The van der Waals surface area contributed by atoms with Gasteiger partial charge in [0.2, 0.25) is 0 Å². The van der Waals surface area contributed by atoms with Crippen molar-refractivity contribution in [2.75, 3.05) is 26.2 Å². The summed E-state index contributed by atoms with van der Waals surface area (Å²) in [6, 6.07) is 7.51. The molecule has 1 N–H and O–H groups in total. The van der Waals surface area contributed by atoms with Crippen molar-refractivity contribution in [3.8, 4) is 0 Å². The van der Waals surface area contributed by atoms with Crippen LogP contribution in [0.5, 0.6) is 0 Å². The minimum absolute atomic E-state index is 0.0760. The quantitative estimate of drug-likeness (QED) is 0.713. The van der Waals surface area contributed by atoms with Gasteiger partial charge in [0.1, 0.15) is 0 Å². The number of hydrogen-bond acceptors (Lipinski definition) is 2. The number of halogens is 1. The number of hydrogen-bond donors (Lipinski definition) is 1. The summed E-state index contributed by atoms with van der Waals surface area (Å²) in [5, 5.41) is 4.77. The van der Waals surface area contributed by atoms with Gasteiger partial charge in [0.15, 0.2) is 0 Å². The molecule has 1 saturated heterocycles. The van der Waals surface area contributed by atoms with Gasteiger partial charge in [-0.3, -0.25) is 4.90 Å². The zero-order valence-electron chi connectivity index (χ0n) is 18.0. The zero-order chi connectivity index (χ0) is 20.7. The number of likely N-dealkylation sites (tertiary alicyclic amines) is 1. The number of fused-ring (bicyclic) bond motifs is 2. The topological polar surface area (TPSA) is 40.5 Å². The summed E-state index contributed by atoms with van der Waals surface area (Å²) in [6.07, 6.45) is 3.23. The smallest absolute Gasteiger partial charge is 0.317 e. The van der Waals surface area contributed by atoms with Crippen LogP contribution in [0.4, 0.5) is 4.79 Å². The summed E-state index contributed by atoms with van der Waals surface area (Å²) in [5.74, 6) is 0.461. The summed E-state index contributed by atoms with van der Waals surface area (Å²) in [7, 11) is 2.14. The SMILES string of the molecule is CCCN1C[C@@H](NC(=O)N(CC)CC)CC2c3cccc4c3c(c(Br)n4C)C[C@H]21. The molecule has 29 heavy (non-hydrogen) atoms. The molecular weight excluding hydrogens is 428 g/mol. The molecule has 2 amide bonds. The largest absolute Gasteiger partial charge is 0.338 e. The fraction of sp³-hybridized carbons (Fsp3) is 0.609. The molecule has 1 aliphatic carbocycles. The Bertz CT molecular complexity index is 904. The lowest BCUT2D eigenvalue weighted by Crippen LogP contribution is -2.57. The molecule has 1 fully saturated rings. The van der Waals surface area contributed by atoms with Crippen LogP contribution in [0.15, 0.2) is 22.8 Å². The average Bonchev–Trinajstić information content (AvgIpc) is 2.96. The Kier molecular flexibility index (Phi) is 5.94. The fourth-order valence-electron chi connectivity index (χ4n) is 5.52. The van der Waals surface area contributed by atoms with Gasteiger partial charge in [0, 0.05) is 55.6 Å². The molecule has 158 valence electrons. The molecule has 1 aromatic carbocycles. The molecule has 3 atom stereocenters. The molecule has 2 aliphatic rings. The Balaban J connectivity index is 1.69. The molecule has 2 aromatic rings. The maximum atomic E-state index is 12.7. The minimum Gasteiger partial charge on any atom is -0.338 e. The van der Waals surface area contributed by atoms with Crippen molar-refractivity contribution in [2.24, 2.45) is 7.05 Å². The van der Waals surface area contributed by atoms with Crippen LogP contribution in [-0.4, -0.2) is 58.7 Å². The third-order valence-electron chi connectivity index (χ3n) is 6.91. The first-order valence-corrected chi connectivity index (χ1v) is 11.8. The molecule has 4 rings (SSSR count). The monoisotopic (exact) mass is 460 g/mol. The van der Waals surface area contributed by atoms with Gasteiger partial charge >= 0.3 is 6.03 Å². The second kappa shape index (κ2) is 8.31. The van der Waals surface area contributed by atoms with E-state index in [-0.39, 0.29) is 12.1 Å². The van der Waals surface area contributed by atoms with E-state index in [1.807, 2.05) is 18.7 Å². The van der Waals surface area contributed by atoms with E-state index in [0.29, 0.717) is 12.0 Å². The number of nitrogens with zero attached hydrogens (tertiary/aromatic N) is 3. The van der Waals surface area contributed by atoms with Gasteiger partial charge in [-0.05, 0) is 72.8 Å². The highest BCUT2D eigenvalue weighted by molar-refractivity contribution is 9.10. The summed E-state index contributed by atoms with van der Waals surface area (Å²) in [6.45, 7) is 9.85. The van der Waals surface area contributed by atoms with Crippen LogP contribution in [0.1, 0.15) is 50.7 Å². The molecule has 6 heteroatoms. The Morgan fingerprint density at radius 3 is 2.72 bits per heavy atom. The lowest BCUT2D eigenvalue weighted by atomic mass is 9.74. The molecule has 1 aliphatic heterocycles. The third kappa shape index (κ3) is 3.48. The summed E-state index contributed by atoms with van der Waals surface area (Å²) in [5.41, 5.74) is 4.21. The Hall–Kier alpha value is -1.53. The van der Waals surface area contributed by atoms with Gasteiger partial charge in [0.25, 0.3) is 0 Å². The number of rotatable bonds is 5. The Morgan fingerprint density at radius 1 is 1.28 bits per heavy atom. The normalized spacial score (nSPS) is 23.8. The molecule has 0 bridgehead atoms. The summed E-state index contributed by atoms with van der Waals surface area (Å²) in [4.78, 5) is 17.2. The van der Waals surface area contributed by atoms with E-state index in [1.165, 1.54) is 26.6 Å². The van der Waals surface area contributed by atoms with Crippen molar-refractivity contribution in [3.63, 3.8) is 0 Å². The standard InChI is InChI=1S/C23H33BrN4O/c1-5-11-28-14-15(25-23(29)27(6-2)7-3)12-17-16-9-8-10-19-21(16)18(13-20(17)28)22(24)26(19)4/h8-10,15,17,20H,5-7,11-14H2,1-4H3,(H,25,29)/t15-,17?,20+/m0/s1. The van der Waals surface area contributed by atoms with E-state index in [2.05, 4.69) is 62.9 Å². The van der Waals surface area contributed by atoms with E-state index in [1.54, 1.807) is 0 Å². The number of piperidine rings is 1. The van der Waals surface area contributed by atoms with Crippen LogP contribution in [0.2, 0.25) is 0 Å². The maximum Gasteiger partial charge on any atom is 0.317 e. The summed E-state index contributed by atoms with van der Waals surface area (Å²) >= 11 is 3.86. The lowest BCUT2D eigenvalue weighted by molar-refractivity contribution is 0.0978. The molecule has 1 unspecified atom stereocenters. The van der Waals surface area contributed by atoms with Crippen LogP contribution in [0.25, 0.3) is 10.9 Å². The van der Waals surface area contributed by atoms with Gasteiger partial charge in [0.05, 0.1) is 4.60 Å².